The first kappa shape index (κ1) is 16.5. The molecule has 0 saturated heterocycles. The summed E-state index contributed by atoms with van der Waals surface area (Å²) in [4.78, 5) is 0. The molecule has 0 atom stereocenters. The molecule has 0 unspecified atom stereocenters. The van der Waals surface area contributed by atoms with E-state index in [0.717, 1.165) is 30.5 Å². The van der Waals surface area contributed by atoms with E-state index in [4.69, 9.17) is 0 Å². The Morgan fingerprint density at radius 2 is 1.86 bits per heavy atom. The molecule has 1 fully saturated rings. The molecule has 0 amide bonds. The number of sulfonamides is 1. The van der Waals surface area contributed by atoms with Crippen molar-refractivity contribution in [2.45, 2.75) is 63.9 Å². The molecule has 1 aliphatic rings. The van der Waals surface area contributed by atoms with Crippen LogP contribution in [0, 0.1) is 0 Å². The molecule has 21 heavy (non-hydrogen) atoms. The molecule has 0 heterocycles. The van der Waals surface area contributed by atoms with Gasteiger partial charge in [-0.25, -0.2) is 13.1 Å². The number of hydrogen-bond donors (Lipinski definition) is 2. The zero-order valence-corrected chi connectivity index (χ0v) is 13.7. The van der Waals surface area contributed by atoms with Crippen LogP contribution in [0.3, 0.4) is 0 Å². The first-order chi connectivity index (χ1) is 10.0. The lowest BCUT2D eigenvalue weighted by Gasteiger charge is -2.15. The molecule has 4 nitrogen and oxygen atoms in total. The molecule has 0 radical (unpaired) electrons. The van der Waals surface area contributed by atoms with Gasteiger partial charge < -0.3 is 5.32 Å². The Hall–Kier alpha value is -0.910. The average molecular weight is 310 g/mol. The third-order valence-electron chi connectivity index (χ3n) is 3.85. The lowest BCUT2D eigenvalue weighted by Crippen LogP contribution is -2.34. The summed E-state index contributed by atoms with van der Waals surface area (Å²) in [5.41, 5.74) is 2.00. The van der Waals surface area contributed by atoms with E-state index in [1.807, 2.05) is 38.1 Å². The van der Waals surface area contributed by atoms with E-state index >= 15 is 0 Å². The molecule has 0 aliphatic heterocycles. The lowest BCUT2D eigenvalue weighted by molar-refractivity contribution is 0.529. The summed E-state index contributed by atoms with van der Waals surface area (Å²) in [7, 11) is -3.26. The Balaban J connectivity index is 1.95. The summed E-state index contributed by atoms with van der Waals surface area (Å²) in [5.74, 6) is 0.0563. The maximum Gasteiger partial charge on any atom is 0.216 e. The van der Waals surface area contributed by atoms with Gasteiger partial charge in [-0.2, -0.15) is 0 Å². The van der Waals surface area contributed by atoms with Crippen molar-refractivity contribution >= 4 is 10.0 Å². The molecule has 1 saturated carbocycles. The molecule has 5 heteroatoms. The number of hydrogen-bond acceptors (Lipinski definition) is 3. The molecular formula is C16H26N2O2S. The van der Waals surface area contributed by atoms with Crippen LogP contribution in [0.25, 0.3) is 0 Å². The quantitative estimate of drug-likeness (QED) is 0.737. The monoisotopic (exact) mass is 310 g/mol. The van der Waals surface area contributed by atoms with Crippen molar-refractivity contribution in [2.24, 2.45) is 0 Å². The van der Waals surface area contributed by atoms with Crippen LogP contribution in [-0.2, 0) is 22.3 Å². The van der Waals surface area contributed by atoms with Crippen molar-refractivity contribution < 1.29 is 8.42 Å². The van der Waals surface area contributed by atoms with E-state index in [9.17, 15) is 8.42 Å². The molecule has 0 spiro atoms. The van der Waals surface area contributed by atoms with Crippen LogP contribution in [0.1, 0.15) is 50.7 Å². The van der Waals surface area contributed by atoms with Gasteiger partial charge in [-0.15, -0.1) is 0 Å². The molecule has 1 aromatic rings. The van der Waals surface area contributed by atoms with Gasteiger partial charge in [0.1, 0.15) is 0 Å². The lowest BCUT2D eigenvalue weighted by atomic mass is 10.1. The van der Waals surface area contributed by atoms with Gasteiger partial charge in [-0.3, -0.25) is 0 Å². The Kier molecular flexibility index (Phi) is 5.79. The molecule has 1 aromatic carbocycles. The minimum Gasteiger partial charge on any atom is -0.310 e. The highest BCUT2D eigenvalue weighted by molar-refractivity contribution is 7.88. The third-order valence-corrected chi connectivity index (χ3v) is 5.26. The number of benzene rings is 1. The first-order valence-corrected chi connectivity index (χ1v) is 9.48. The zero-order valence-electron chi connectivity index (χ0n) is 12.9. The maximum atomic E-state index is 12.2. The van der Waals surface area contributed by atoms with E-state index < -0.39 is 10.0 Å². The maximum absolute atomic E-state index is 12.2. The number of rotatable bonds is 9. The summed E-state index contributed by atoms with van der Waals surface area (Å²) in [6, 6.07) is 8.55. The second kappa shape index (κ2) is 7.38. The highest BCUT2D eigenvalue weighted by Gasteiger charge is 2.20. The van der Waals surface area contributed by atoms with Crippen LogP contribution in [0.15, 0.2) is 24.3 Å². The highest BCUT2D eigenvalue weighted by atomic mass is 32.2. The fourth-order valence-corrected chi connectivity index (χ4v) is 3.89. The minimum absolute atomic E-state index is 0.0368. The summed E-state index contributed by atoms with van der Waals surface area (Å²) in [6.07, 6.45) is 4.16. The van der Waals surface area contributed by atoms with E-state index in [-0.39, 0.29) is 11.8 Å². The van der Waals surface area contributed by atoms with E-state index in [1.165, 1.54) is 12.8 Å². The standard InChI is InChI=1S/C16H26N2O2S/c1-3-15(4-2)18-21(19,20)12-14-7-5-6-13(10-14)11-17-16-8-9-16/h5-7,10,15-18H,3-4,8-9,11-12H2,1-2H3. The Morgan fingerprint density at radius 1 is 1.19 bits per heavy atom. The molecule has 2 N–H and O–H groups in total. The van der Waals surface area contributed by atoms with Gasteiger partial charge in [0.25, 0.3) is 0 Å². The van der Waals surface area contributed by atoms with E-state index in [0.29, 0.717) is 6.04 Å². The minimum atomic E-state index is -3.26. The average Bonchev–Trinajstić information content (AvgIpc) is 3.26. The Morgan fingerprint density at radius 3 is 2.48 bits per heavy atom. The molecule has 2 rings (SSSR count). The van der Waals surface area contributed by atoms with Gasteiger partial charge in [0.2, 0.25) is 10.0 Å². The smallest absolute Gasteiger partial charge is 0.216 e. The number of nitrogens with one attached hydrogen (secondary N) is 2. The molecule has 0 aromatic heterocycles. The fraction of sp³-hybridized carbons (Fsp3) is 0.625. The van der Waals surface area contributed by atoms with Crippen LogP contribution in [-0.4, -0.2) is 20.5 Å². The van der Waals surface area contributed by atoms with E-state index in [2.05, 4.69) is 10.0 Å². The van der Waals surface area contributed by atoms with Crippen LogP contribution in [0.2, 0.25) is 0 Å². The van der Waals surface area contributed by atoms with Gasteiger partial charge in [0.05, 0.1) is 5.75 Å². The second-order valence-corrected chi connectivity index (χ2v) is 7.62. The summed E-state index contributed by atoms with van der Waals surface area (Å²) >= 11 is 0. The summed E-state index contributed by atoms with van der Waals surface area (Å²) < 4.78 is 27.2. The van der Waals surface area contributed by atoms with Gasteiger partial charge in [0.15, 0.2) is 0 Å². The van der Waals surface area contributed by atoms with Crippen LogP contribution in [0.5, 0.6) is 0 Å². The van der Waals surface area contributed by atoms with Crippen molar-refractivity contribution in [3.8, 4) is 0 Å². The van der Waals surface area contributed by atoms with Gasteiger partial charge in [-0.05, 0) is 36.8 Å². The molecular weight excluding hydrogens is 284 g/mol. The largest absolute Gasteiger partial charge is 0.310 e. The Labute approximate surface area is 128 Å². The second-order valence-electron chi connectivity index (χ2n) is 5.87. The van der Waals surface area contributed by atoms with E-state index in [1.54, 1.807) is 0 Å². The first-order valence-electron chi connectivity index (χ1n) is 7.83. The normalized spacial score (nSPS) is 15.6. The van der Waals surface area contributed by atoms with Crippen molar-refractivity contribution in [3.05, 3.63) is 35.4 Å². The predicted octanol–water partition coefficient (Wildman–Crippen LogP) is 2.55. The van der Waals surface area contributed by atoms with Gasteiger partial charge in [0, 0.05) is 18.6 Å². The van der Waals surface area contributed by atoms with Crippen LogP contribution in [0.4, 0.5) is 0 Å². The van der Waals surface area contributed by atoms with Crippen LogP contribution < -0.4 is 10.0 Å². The van der Waals surface area contributed by atoms with Gasteiger partial charge >= 0.3 is 0 Å². The third kappa shape index (κ3) is 5.77. The van der Waals surface area contributed by atoms with Crippen LogP contribution >= 0.6 is 0 Å². The molecule has 1 aliphatic carbocycles. The summed E-state index contributed by atoms with van der Waals surface area (Å²) in [5, 5.41) is 3.45. The molecule has 0 bridgehead atoms. The van der Waals surface area contributed by atoms with Crippen molar-refractivity contribution in [1.29, 1.82) is 0 Å². The highest BCUT2D eigenvalue weighted by Crippen LogP contribution is 2.19. The fourth-order valence-electron chi connectivity index (χ4n) is 2.35. The SMILES string of the molecule is CCC(CC)NS(=O)(=O)Cc1cccc(CNC2CC2)c1. The van der Waals surface area contributed by atoms with Crippen molar-refractivity contribution in [1.82, 2.24) is 10.0 Å². The Bertz CT molecular complexity index is 549. The topological polar surface area (TPSA) is 58.2 Å². The zero-order chi connectivity index (χ0) is 15.3. The van der Waals surface area contributed by atoms with Gasteiger partial charge in [-0.1, -0.05) is 38.1 Å². The molecule has 118 valence electrons. The van der Waals surface area contributed by atoms with Crippen molar-refractivity contribution in [3.63, 3.8) is 0 Å². The predicted molar refractivity (Wildman–Crippen MR) is 86.4 cm³/mol. The van der Waals surface area contributed by atoms with Crippen molar-refractivity contribution in [2.75, 3.05) is 0 Å². The summed E-state index contributed by atoms with van der Waals surface area (Å²) in [6.45, 7) is 4.82.